The predicted molar refractivity (Wildman–Crippen MR) is 250 cm³/mol. The van der Waals surface area contributed by atoms with Gasteiger partial charge in [0.15, 0.2) is 23.1 Å². The summed E-state index contributed by atoms with van der Waals surface area (Å²) in [6, 6.07) is 22.1. The predicted octanol–water partition coefficient (Wildman–Crippen LogP) is 8.28. The van der Waals surface area contributed by atoms with Gasteiger partial charge in [0.05, 0.1) is 28.5 Å². The summed E-state index contributed by atoms with van der Waals surface area (Å²) >= 11 is 6.15. The molecule has 15 nitrogen and oxygen atoms in total. The van der Waals surface area contributed by atoms with Gasteiger partial charge in [0, 0.05) is 73.4 Å². The molecule has 3 aromatic heterocycles. The van der Waals surface area contributed by atoms with E-state index in [1.165, 1.54) is 11.5 Å². The molecule has 18 heteroatoms. The fourth-order valence-corrected chi connectivity index (χ4v) is 9.23. The van der Waals surface area contributed by atoms with Gasteiger partial charge >= 0.3 is 0 Å². The van der Waals surface area contributed by atoms with E-state index < -0.39 is 15.8 Å². The third-order valence-corrected chi connectivity index (χ3v) is 13.7. The molecule has 66 heavy (non-hydrogen) atoms. The number of anilines is 2. The van der Waals surface area contributed by atoms with Gasteiger partial charge in [0.25, 0.3) is 11.5 Å². The lowest BCUT2D eigenvalue weighted by Gasteiger charge is -2.32. The summed E-state index contributed by atoms with van der Waals surface area (Å²) in [5, 5.41) is 21.8. The Kier molecular flexibility index (Phi) is 14.2. The van der Waals surface area contributed by atoms with E-state index in [-0.39, 0.29) is 52.7 Å². The Balaban J connectivity index is 0.801. The van der Waals surface area contributed by atoms with Gasteiger partial charge in [-0.05, 0) is 118 Å². The van der Waals surface area contributed by atoms with Crippen LogP contribution < -0.4 is 30.0 Å². The number of aromatic nitrogens is 4. The zero-order chi connectivity index (χ0) is 46.4. The number of amides is 1. The van der Waals surface area contributed by atoms with Gasteiger partial charge in [-0.2, -0.15) is 5.26 Å². The molecule has 8 rings (SSSR count). The van der Waals surface area contributed by atoms with Gasteiger partial charge < -0.3 is 34.0 Å². The summed E-state index contributed by atoms with van der Waals surface area (Å²) in [5.41, 5.74) is 2.63. The normalized spacial score (nSPS) is 16.7. The number of hydrogen-bond donors (Lipinski definition) is 3. The molecule has 2 fully saturated rings. The number of pyridine rings is 1. The number of halogens is 2. The van der Waals surface area contributed by atoms with Crippen molar-refractivity contribution in [2.75, 3.05) is 35.1 Å². The van der Waals surface area contributed by atoms with Crippen LogP contribution in [0.15, 0.2) is 90.0 Å². The van der Waals surface area contributed by atoms with Crippen LogP contribution in [0.25, 0.3) is 22.0 Å². The molecular weight excluding hydrogens is 887 g/mol. The molecule has 4 heterocycles. The topological polar surface area (TPSA) is 194 Å². The lowest BCUT2D eigenvalue weighted by molar-refractivity contribution is 0.0356. The standard InChI is InChI=1S/C48H50ClFN8O7S/c1-3-66(61,62)56-33-12-17-42(38(26-33)39-29-57(2)48(60)46-37(39)19-22-52-46)65-43-8-4-6-30(45(43)50)7-5-25-63-34-20-23-58(24-21-34)44-18-16-41(54-55-44)47(59)53-32-10-14-35(15-11-32)64-36-13-9-31(28-51)40(49)27-36/h4,6,8-9,12-13,16-19,22,26-27,29,32,34-35,52,56H,3,5,7,10-11,14-15,20-21,23-25H2,1-2H3,(H,53,59). The first-order valence-electron chi connectivity index (χ1n) is 22.0. The van der Waals surface area contributed by atoms with E-state index in [0.717, 1.165) is 38.5 Å². The number of sulfonamides is 1. The molecule has 0 radical (unpaired) electrons. The second kappa shape index (κ2) is 20.4. The molecule has 0 atom stereocenters. The number of hydrogen-bond acceptors (Lipinski definition) is 11. The highest BCUT2D eigenvalue weighted by molar-refractivity contribution is 7.92. The molecule has 1 amide bonds. The Morgan fingerprint density at radius 3 is 2.50 bits per heavy atom. The van der Waals surface area contributed by atoms with E-state index in [4.69, 9.17) is 31.1 Å². The number of benzene rings is 3. The van der Waals surface area contributed by atoms with Crippen LogP contribution in [-0.2, 0) is 28.2 Å². The van der Waals surface area contributed by atoms with Crippen molar-refractivity contribution < 1.29 is 31.8 Å². The maximum absolute atomic E-state index is 16.1. The molecule has 0 spiro atoms. The smallest absolute Gasteiger partial charge is 0.274 e. The van der Waals surface area contributed by atoms with Crippen LogP contribution >= 0.6 is 11.6 Å². The van der Waals surface area contributed by atoms with E-state index in [1.807, 2.05) is 12.1 Å². The van der Waals surface area contributed by atoms with Gasteiger partial charge in [-0.1, -0.05) is 23.7 Å². The Bertz CT molecular complexity index is 2920. The quantitative estimate of drug-likeness (QED) is 0.0791. The summed E-state index contributed by atoms with van der Waals surface area (Å²) < 4.78 is 63.5. The first-order valence-corrected chi connectivity index (χ1v) is 24.0. The van der Waals surface area contributed by atoms with Crippen LogP contribution in [-0.4, -0.2) is 77.8 Å². The number of nitrogens with one attached hydrogen (secondary N) is 3. The minimum absolute atomic E-state index is 0.000982. The van der Waals surface area contributed by atoms with Gasteiger partial charge in [0.1, 0.15) is 23.1 Å². The van der Waals surface area contributed by atoms with Crippen LogP contribution in [0.2, 0.25) is 5.02 Å². The number of carbonyl (C=O) groups is 1. The monoisotopic (exact) mass is 936 g/mol. The first kappa shape index (κ1) is 46.1. The number of aromatic amines is 1. The maximum atomic E-state index is 16.1. The third kappa shape index (κ3) is 10.8. The fraction of sp³-hybridized carbons (Fsp3) is 0.354. The van der Waals surface area contributed by atoms with Crippen molar-refractivity contribution >= 4 is 49.9 Å². The molecular formula is C48H50ClFN8O7S. The highest BCUT2D eigenvalue weighted by Gasteiger charge is 2.26. The lowest BCUT2D eigenvalue weighted by atomic mass is 9.93. The number of piperidine rings is 1. The van der Waals surface area contributed by atoms with Crippen LogP contribution in [0.3, 0.4) is 0 Å². The Labute approximate surface area is 386 Å². The average Bonchev–Trinajstić information content (AvgIpc) is 3.82. The van der Waals surface area contributed by atoms with Gasteiger partial charge in [-0.3, -0.25) is 14.3 Å². The van der Waals surface area contributed by atoms with E-state index in [1.54, 1.807) is 86.2 Å². The zero-order valence-electron chi connectivity index (χ0n) is 36.6. The van der Waals surface area contributed by atoms with E-state index in [9.17, 15) is 18.0 Å². The highest BCUT2D eigenvalue weighted by atomic mass is 35.5. The van der Waals surface area contributed by atoms with E-state index >= 15 is 4.39 Å². The van der Waals surface area contributed by atoms with Crippen molar-refractivity contribution in [3.8, 4) is 34.4 Å². The number of fused-ring (bicyclic) bond motifs is 1. The van der Waals surface area contributed by atoms with Crippen molar-refractivity contribution in [3.05, 3.63) is 123 Å². The Morgan fingerprint density at radius 2 is 1.77 bits per heavy atom. The molecule has 2 aliphatic rings. The average molecular weight is 937 g/mol. The highest BCUT2D eigenvalue weighted by Crippen LogP contribution is 2.40. The maximum Gasteiger partial charge on any atom is 0.274 e. The largest absolute Gasteiger partial charge is 0.490 e. The van der Waals surface area contributed by atoms with Gasteiger partial charge in [-0.25, -0.2) is 12.8 Å². The van der Waals surface area contributed by atoms with Crippen LogP contribution in [0, 0.1) is 17.1 Å². The molecule has 1 saturated carbocycles. The second-order valence-corrected chi connectivity index (χ2v) is 18.9. The van der Waals surface area contributed by atoms with Crippen molar-refractivity contribution in [1.82, 2.24) is 25.1 Å². The lowest BCUT2D eigenvalue weighted by Crippen LogP contribution is -2.40. The number of rotatable bonds is 16. The van der Waals surface area contributed by atoms with Crippen LogP contribution in [0.4, 0.5) is 15.9 Å². The van der Waals surface area contributed by atoms with Crippen molar-refractivity contribution in [1.29, 1.82) is 5.26 Å². The number of aryl methyl sites for hydroxylation is 2. The van der Waals surface area contributed by atoms with Crippen molar-refractivity contribution in [2.24, 2.45) is 7.05 Å². The van der Waals surface area contributed by atoms with E-state index in [0.29, 0.717) is 88.0 Å². The molecule has 344 valence electrons. The summed E-state index contributed by atoms with van der Waals surface area (Å²) in [6.07, 6.45) is 8.94. The first-order chi connectivity index (χ1) is 31.9. The zero-order valence-corrected chi connectivity index (χ0v) is 38.1. The molecule has 1 aliphatic carbocycles. The summed E-state index contributed by atoms with van der Waals surface area (Å²) in [5.74, 6) is 0.708. The summed E-state index contributed by atoms with van der Waals surface area (Å²) in [7, 11) is -1.98. The minimum atomic E-state index is -3.60. The number of ether oxygens (including phenoxy) is 3. The Hall–Kier alpha value is -6.48. The molecule has 1 saturated heterocycles. The minimum Gasteiger partial charge on any atom is -0.490 e. The Morgan fingerprint density at radius 1 is 0.970 bits per heavy atom. The molecule has 0 unspecified atom stereocenters. The van der Waals surface area contributed by atoms with E-state index in [2.05, 4.69) is 30.1 Å². The van der Waals surface area contributed by atoms with Gasteiger partial charge in [-0.15, -0.1) is 10.2 Å². The molecule has 3 aromatic carbocycles. The number of H-pyrrole nitrogens is 1. The van der Waals surface area contributed by atoms with Crippen molar-refractivity contribution in [2.45, 2.75) is 76.5 Å². The number of carbonyl (C=O) groups excluding carboxylic acids is 1. The van der Waals surface area contributed by atoms with Crippen LogP contribution in [0.5, 0.6) is 17.2 Å². The third-order valence-electron chi connectivity index (χ3n) is 12.0. The molecule has 6 aromatic rings. The fourth-order valence-electron chi connectivity index (χ4n) is 8.39. The number of nitrogens with zero attached hydrogens (tertiary/aromatic N) is 5. The second-order valence-electron chi connectivity index (χ2n) is 16.5. The van der Waals surface area contributed by atoms with Gasteiger partial charge in [0.2, 0.25) is 10.0 Å². The van der Waals surface area contributed by atoms with Crippen molar-refractivity contribution in [3.63, 3.8) is 0 Å². The molecule has 3 N–H and O–H groups in total. The molecule has 0 bridgehead atoms. The SMILES string of the molecule is CCS(=O)(=O)Nc1ccc(Oc2cccc(CCCOC3CCN(c4ccc(C(=O)NC5CCC(Oc6ccc(C#N)c(Cl)c6)CC5)nn4)CC3)c2F)c(-c2cn(C)c(=O)c3[nH]ccc23)c1. The molecule has 1 aliphatic heterocycles. The summed E-state index contributed by atoms with van der Waals surface area (Å²) in [4.78, 5) is 31.0. The number of nitriles is 1. The summed E-state index contributed by atoms with van der Waals surface area (Å²) in [6.45, 7) is 3.40. The van der Waals surface area contributed by atoms with Crippen LogP contribution in [0.1, 0.15) is 73.5 Å².